The van der Waals surface area contributed by atoms with E-state index in [2.05, 4.69) is 9.62 Å². The van der Waals surface area contributed by atoms with E-state index in [4.69, 9.17) is 0 Å². The van der Waals surface area contributed by atoms with E-state index in [-0.39, 0.29) is 0 Å². The molecule has 0 aliphatic carbocycles. The van der Waals surface area contributed by atoms with Crippen LogP contribution in [0.15, 0.2) is 24.3 Å². The molecule has 0 unspecified atom stereocenters. The quantitative estimate of drug-likeness (QED) is 0.909. The van der Waals surface area contributed by atoms with E-state index in [0.717, 1.165) is 12.8 Å². The molecule has 4 nitrogen and oxygen atoms in total. The monoisotopic (exact) mass is 268 g/mol. The van der Waals surface area contributed by atoms with Gasteiger partial charge >= 0.3 is 0 Å². The van der Waals surface area contributed by atoms with Gasteiger partial charge in [-0.05, 0) is 43.6 Å². The Morgan fingerprint density at radius 2 is 1.72 bits per heavy atom. The molecule has 100 valence electrons. The highest BCUT2D eigenvalue weighted by atomic mass is 32.2. The van der Waals surface area contributed by atoms with E-state index in [1.54, 1.807) is 0 Å². The summed E-state index contributed by atoms with van der Waals surface area (Å²) < 4.78 is 24.6. The minimum atomic E-state index is -3.18. The number of hydrogen-bond acceptors (Lipinski definition) is 3. The van der Waals surface area contributed by atoms with E-state index >= 15 is 0 Å². The van der Waals surface area contributed by atoms with Gasteiger partial charge in [0.05, 0.1) is 6.26 Å². The van der Waals surface area contributed by atoms with Crippen molar-refractivity contribution >= 4 is 15.7 Å². The molecule has 5 heteroatoms. The van der Waals surface area contributed by atoms with Crippen LogP contribution in [-0.2, 0) is 16.6 Å². The van der Waals surface area contributed by atoms with Gasteiger partial charge in [-0.15, -0.1) is 0 Å². The number of anilines is 1. The number of rotatable bonds is 4. The van der Waals surface area contributed by atoms with Crippen LogP contribution in [0.5, 0.6) is 0 Å². The van der Waals surface area contributed by atoms with Crippen molar-refractivity contribution in [3.05, 3.63) is 29.8 Å². The van der Waals surface area contributed by atoms with E-state index in [1.807, 2.05) is 24.3 Å². The van der Waals surface area contributed by atoms with Crippen molar-refractivity contribution < 1.29 is 8.42 Å². The van der Waals surface area contributed by atoms with Crippen LogP contribution >= 0.6 is 0 Å². The van der Waals surface area contributed by atoms with Gasteiger partial charge < -0.3 is 0 Å². The Morgan fingerprint density at radius 1 is 1.11 bits per heavy atom. The summed E-state index contributed by atoms with van der Waals surface area (Å²) >= 11 is 0. The molecule has 0 saturated carbocycles. The van der Waals surface area contributed by atoms with E-state index in [1.165, 1.54) is 37.9 Å². The fourth-order valence-corrected chi connectivity index (χ4v) is 2.83. The lowest BCUT2D eigenvalue weighted by Gasteiger charge is -2.26. The molecule has 1 aliphatic rings. The molecule has 1 heterocycles. The SMILES string of the molecule is CS(=O)(=O)Nc1ccc(CN2CCCCC2)cc1. The Balaban J connectivity index is 1.94. The van der Waals surface area contributed by atoms with Crippen LogP contribution in [0.25, 0.3) is 0 Å². The summed E-state index contributed by atoms with van der Waals surface area (Å²) in [5, 5.41) is 0. The molecule has 0 bridgehead atoms. The first kappa shape index (κ1) is 13.4. The molecule has 1 fully saturated rings. The number of piperidine rings is 1. The number of hydrogen-bond donors (Lipinski definition) is 1. The number of benzene rings is 1. The lowest BCUT2D eigenvalue weighted by Crippen LogP contribution is -2.29. The average molecular weight is 268 g/mol. The third-order valence-corrected chi connectivity index (χ3v) is 3.72. The molecule has 1 N–H and O–H groups in total. The molecular weight excluding hydrogens is 248 g/mol. The first-order chi connectivity index (χ1) is 8.53. The minimum Gasteiger partial charge on any atom is -0.299 e. The first-order valence-corrected chi connectivity index (χ1v) is 8.21. The van der Waals surface area contributed by atoms with Gasteiger partial charge in [-0.1, -0.05) is 18.6 Å². The van der Waals surface area contributed by atoms with Crippen molar-refractivity contribution in [3.8, 4) is 0 Å². The van der Waals surface area contributed by atoms with Gasteiger partial charge in [0.2, 0.25) is 10.0 Å². The second-order valence-electron chi connectivity index (χ2n) is 4.91. The highest BCUT2D eigenvalue weighted by Gasteiger charge is 2.10. The van der Waals surface area contributed by atoms with Gasteiger partial charge in [0.15, 0.2) is 0 Å². The molecular formula is C13H20N2O2S. The molecule has 0 spiro atoms. The summed E-state index contributed by atoms with van der Waals surface area (Å²) in [5.41, 5.74) is 1.86. The summed E-state index contributed by atoms with van der Waals surface area (Å²) in [5.74, 6) is 0. The zero-order valence-corrected chi connectivity index (χ0v) is 11.5. The minimum absolute atomic E-state index is 0.625. The fraction of sp³-hybridized carbons (Fsp3) is 0.538. The van der Waals surface area contributed by atoms with Crippen LogP contribution < -0.4 is 4.72 Å². The summed E-state index contributed by atoms with van der Waals surface area (Å²) in [6, 6.07) is 7.62. The maximum atomic E-state index is 11.1. The predicted octanol–water partition coefficient (Wildman–Crippen LogP) is 2.04. The Bertz CT molecular complexity index is 476. The van der Waals surface area contributed by atoms with Gasteiger partial charge in [0.25, 0.3) is 0 Å². The Kier molecular flexibility index (Phi) is 4.24. The van der Waals surface area contributed by atoms with Crippen LogP contribution in [0.2, 0.25) is 0 Å². The highest BCUT2D eigenvalue weighted by molar-refractivity contribution is 7.92. The van der Waals surface area contributed by atoms with Gasteiger partial charge in [-0.2, -0.15) is 0 Å². The summed E-state index contributed by atoms with van der Waals surface area (Å²) in [4.78, 5) is 2.45. The lowest BCUT2D eigenvalue weighted by molar-refractivity contribution is 0.221. The smallest absolute Gasteiger partial charge is 0.229 e. The number of likely N-dealkylation sites (tertiary alicyclic amines) is 1. The molecule has 0 aromatic heterocycles. The third kappa shape index (κ3) is 4.31. The summed E-state index contributed by atoms with van der Waals surface area (Å²) in [6.45, 7) is 3.30. The van der Waals surface area contributed by atoms with Gasteiger partial charge in [0.1, 0.15) is 0 Å². The Hall–Kier alpha value is -1.07. The zero-order valence-electron chi connectivity index (χ0n) is 10.7. The van der Waals surface area contributed by atoms with Crippen molar-refractivity contribution in [2.24, 2.45) is 0 Å². The summed E-state index contributed by atoms with van der Waals surface area (Å²) in [7, 11) is -3.18. The maximum absolute atomic E-state index is 11.1. The second-order valence-corrected chi connectivity index (χ2v) is 6.66. The van der Waals surface area contributed by atoms with Crippen LogP contribution in [0.1, 0.15) is 24.8 Å². The molecule has 18 heavy (non-hydrogen) atoms. The van der Waals surface area contributed by atoms with Crippen molar-refractivity contribution in [2.75, 3.05) is 24.1 Å². The maximum Gasteiger partial charge on any atom is 0.229 e. The molecule has 0 atom stereocenters. The van der Waals surface area contributed by atoms with Crippen molar-refractivity contribution in [1.29, 1.82) is 0 Å². The fourth-order valence-electron chi connectivity index (χ4n) is 2.27. The van der Waals surface area contributed by atoms with Gasteiger partial charge in [-0.25, -0.2) is 8.42 Å². The number of nitrogens with zero attached hydrogens (tertiary/aromatic N) is 1. The third-order valence-electron chi connectivity index (χ3n) is 3.11. The Labute approximate surface area is 109 Å². The van der Waals surface area contributed by atoms with Gasteiger partial charge in [-0.3, -0.25) is 9.62 Å². The molecule has 2 rings (SSSR count). The predicted molar refractivity (Wildman–Crippen MR) is 74.0 cm³/mol. The molecule has 1 aromatic carbocycles. The number of sulfonamides is 1. The van der Waals surface area contributed by atoms with Crippen LogP contribution in [-0.4, -0.2) is 32.7 Å². The molecule has 0 radical (unpaired) electrons. The van der Waals surface area contributed by atoms with Crippen molar-refractivity contribution in [3.63, 3.8) is 0 Å². The molecule has 1 saturated heterocycles. The molecule has 0 amide bonds. The van der Waals surface area contributed by atoms with Crippen LogP contribution in [0.4, 0.5) is 5.69 Å². The largest absolute Gasteiger partial charge is 0.299 e. The summed E-state index contributed by atoms with van der Waals surface area (Å²) in [6.07, 6.45) is 5.07. The van der Waals surface area contributed by atoms with Gasteiger partial charge in [0, 0.05) is 12.2 Å². The van der Waals surface area contributed by atoms with E-state index in [0.29, 0.717) is 5.69 Å². The average Bonchev–Trinajstić information content (AvgIpc) is 2.31. The van der Waals surface area contributed by atoms with Crippen LogP contribution in [0.3, 0.4) is 0 Å². The Morgan fingerprint density at radius 3 is 2.28 bits per heavy atom. The van der Waals surface area contributed by atoms with Crippen molar-refractivity contribution in [1.82, 2.24) is 4.90 Å². The molecule has 1 aliphatic heterocycles. The van der Waals surface area contributed by atoms with E-state index < -0.39 is 10.0 Å². The second kappa shape index (κ2) is 5.71. The highest BCUT2D eigenvalue weighted by Crippen LogP contribution is 2.15. The topological polar surface area (TPSA) is 49.4 Å². The normalized spacial score (nSPS) is 17.6. The standard InChI is InChI=1S/C13H20N2O2S/c1-18(16,17)14-13-7-5-12(6-8-13)11-15-9-3-2-4-10-15/h5-8,14H,2-4,9-11H2,1H3. The van der Waals surface area contributed by atoms with E-state index in [9.17, 15) is 8.42 Å². The molecule has 1 aromatic rings. The lowest BCUT2D eigenvalue weighted by atomic mass is 10.1. The first-order valence-electron chi connectivity index (χ1n) is 6.32. The zero-order chi connectivity index (χ0) is 13.0. The number of nitrogens with one attached hydrogen (secondary N) is 1. The van der Waals surface area contributed by atoms with Crippen molar-refractivity contribution in [2.45, 2.75) is 25.8 Å². The van der Waals surface area contributed by atoms with Crippen LogP contribution in [0, 0.1) is 0 Å².